The van der Waals surface area contributed by atoms with E-state index >= 15 is 0 Å². The van der Waals surface area contributed by atoms with Crippen molar-refractivity contribution in [1.82, 2.24) is 0 Å². The average Bonchev–Trinajstić information content (AvgIpc) is 2.90. The molecule has 2 N–H and O–H groups in total. The van der Waals surface area contributed by atoms with Gasteiger partial charge in [-0.25, -0.2) is 0 Å². The fourth-order valence-corrected chi connectivity index (χ4v) is 2.34. The number of hydrogen-bond acceptors (Lipinski definition) is 2. The van der Waals surface area contributed by atoms with Crippen molar-refractivity contribution in [2.45, 2.75) is 31.2 Å². The van der Waals surface area contributed by atoms with Crippen molar-refractivity contribution in [2.24, 2.45) is 5.73 Å². The molecule has 1 aromatic carbocycles. The third kappa shape index (κ3) is 1.52. The number of anilines is 1. The topological polar surface area (TPSA) is 46.3 Å². The predicted octanol–water partition coefficient (Wildman–Crippen LogP) is 1.24. The Bertz CT molecular complexity index is 463. The van der Waals surface area contributed by atoms with Crippen molar-refractivity contribution in [2.75, 3.05) is 11.9 Å². The van der Waals surface area contributed by atoms with Crippen LogP contribution in [0.2, 0.25) is 0 Å². The van der Waals surface area contributed by atoms with Crippen molar-refractivity contribution in [3.63, 3.8) is 0 Å². The maximum Gasteiger partial charge on any atom is 0.231 e. The van der Waals surface area contributed by atoms with E-state index in [-0.39, 0.29) is 11.4 Å². The van der Waals surface area contributed by atoms with Crippen LogP contribution in [0.25, 0.3) is 0 Å². The Hall–Kier alpha value is -1.35. The summed E-state index contributed by atoms with van der Waals surface area (Å²) in [5.74, 6) is 0.182. The van der Waals surface area contributed by atoms with E-state index in [2.05, 4.69) is 18.2 Å². The monoisotopic (exact) mass is 216 g/mol. The number of benzene rings is 1. The maximum absolute atomic E-state index is 11.5. The summed E-state index contributed by atoms with van der Waals surface area (Å²) >= 11 is 0. The quantitative estimate of drug-likeness (QED) is 0.808. The van der Waals surface area contributed by atoms with E-state index in [1.807, 2.05) is 7.05 Å². The fourth-order valence-electron chi connectivity index (χ4n) is 2.34. The summed E-state index contributed by atoms with van der Waals surface area (Å²) < 4.78 is 0. The van der Waals surface area contributed by atoms with Crippen LogP contribution in [-0.4, -0.2) is 18.5 Å². The molecule has 1 aromatic rings. The van der Waals surface area contributed by atoms with Crippen LogP contribution in [0.3, 0.4) is 0 Å². The van der Waals surface area contributed by atoms with Gasteiger partial charge in [-0.1, -0.05) is 12.1 Å². The van der Waals surface area contributed by atoms with Crippen LogP contribution in [0.15, 0.2) is 18.2 Å². The molecule has 1 saturated carbocycles. The molecule has 3 nitrogen and oxygen atoms in total. The zero-order valence-electron chi connectivity index (χ0n) is 9.49. The Morgan fingerprint density at radius 3 is 2.88 bits per heavy atom. The molecule has 0 unspecified atom stereocenters. The normalized spacial score (nSPS) is 21.1. The lowest BCUT2D eigenvalue weighted by atomic mass is 10.0. The molecule has 1 amide bonds. The van der Waals surface area contributed by atoms with Gasteiger partial charge in [0.05, 0.1) is 6.42 Å². The fraction of sp³-hybridized carbons (Fsp3) is 0.462. The molecule has 16 heavy (non-hydrogen) atoms. The summed E-state index contributed by atoms with van der Waals surface area (Å²) in [5, 5.41) is 0. The van der Waals surface area contributed by atoms with Gasteiger partial charge in [0.25, 0.3) is 0 Å². The maximum atomic E-state index is 11.5. The molecule has 0 bridgehead atoms. The number of carbonyl (C=O) groups excluding carboxylic acids is 1. The van der Waals surface area contributed by atoms with Crippen molar-refractivity contribution >= 4 is 11.6 Å². The highest BCUT2D eigenvalue weighted by atomic mass is 16.2. The summed E-state index contributed by atoms with van der Waals surface area (Å²) in [4.78, 5) is 13.3. The molecule has 0 spiro atoms. The third-order valence-corrected chi connectivity index (χ3v) is 3.68. The molecule has 1 fully saturated rings. The smallest absolute Gasteiger partial charge is 0.231 e. The molecule has 84 valence electrons. The Morgan fingerprint density at radius 1 is 1.44 bits per heavy atom. The molecule has 3 heteroatoms. The van der Waals surface area contributed by atoms with Gasteiger partial charge < -0.3 is 10.6 Å². The van der Waals surface area contributed by atoms with E-state index in [9.17, 15) is 4.79 Å². The van der Waals surface area contributed by atoms with Crippen LogP contribution < -0.4 is 10.6 Å². The van der Waals surface area contributed by atoms with E-state index < -0.39 is 0 Å². The number of carbonyl (C=O) groups is 1. The van der Waals surface area contributed by atoms with Crippen LogP contribution in [0.5, 0.6) is 0 Å². The van der Waals surface area contributed by atoms with Crippen LogP contribution in [0.4, 0.5) is 5.69 Å². The number of nitrogens with two attached hydrogens (primary N) is 1. The molecule has 0 radical (unpaired) electrons. The first-order chi connectivity index (χ1) is 7.57. The van der Waals surface area contributed by atoms with Crippen molar-refractivity contribution < 1.29 is 4.79 Å². The second-order valence-electron chi connectivity index (χ2n) is 5.13. The lowest BCUT2D eigenvalue weighted by Crippen LogP contribution is -2.24. The van der Waals surface area contributed by atoms with Crippen LogP contribution >= 0.6 is 0 Å². The van der Waals surface area contributed by atoms with E-state index in [1.165, 1.54) is 5.56 Å². The molecular weight excluding hydrogens is 200 g/mol. The molecule has 3 rings (SSSR count). The van der Waals surface area contributed by atoms with Gasteiger partial charge in [0, 0.05) is 18.3 Å². The molecule has 1 aliphatic heterocycles. The highest BCUT2D eigenvalue weighted by molar-refractivity contribution is 6.00. The first-order valence-electron chi connectivity index (χ1n) is 5.75. The standard InChI is InChI=1S/C13H16N2O/c1-15-11-6-9(8-13(14)4-5-13)2-3-10(11)7-12(15)16/h2-3,6H,4-5,7-8,14H2,1H3. The first kappa shape index (κ1) is 9.85. The Kier molecular flexibility index (Phi) is 1.89. The SMILES string of the molecule is CN1C(=O)Cc2ccc(CC3(N)CC3)cc21. The largest absolute Gasteiger partial charge is 0.325 e. The minimum atomic E-state index is 0.0371. The summed E-state index contributed by atoms with van der Waals surface area (Å²) in [5.41, 5.74) is 9.59. The van der Waals surface area contributed by atoms with Gasteiger partial charge in [0.15, 0.2) is 0 Å². The van der Waals surface area contributed by atoms with Crippen molar-refractivity contribution in [3.8, 4) is 0 Å². The molecule has 0 saturated heterocycles. The van der Waals surface area contributed by atoms with Gasteiger partial charge in [0.2, 0.25) is 5.91 Å². The third-order valence-electron chi connectivity index (χ3n) is 3.68. The first-order valence-corrected chi connectivity index (χ1v) is 5.75. The lowest BCUT2D eigenvalue weighted by Gasteiger charge is -2.13. The number of rotatable bonds is 2. The summed E-state index contributed by atoms with van der Waals surface area (Å²) in [6.45, 7) is 0. The van der Waals surface area contributed by atoms with E-state index in [1.54, 1.807) is 4.90 Å². The van der Waals surface area contributed by atoms with E-state index in [4.69, 9.17) is 5.73 Å². The Labute approximate surface area is 95.2 Å². The van der Waals surface area contributed by atoms with Gasteiger partial charge in [-0.3, -0.25) is 4.79 Å². The van der Waals surface area contributed by atoms with Gasteiger partial charge in [0.1, 0.15) is 0 Å². The Morgan fingerprint density at radius 2 is 2.19 bits per heavy atom. The highest BCUT2D eigenvalue weighted by Crippen LogP contribution is 2.37. The summed E-state index contributed by atoms with van der Waals surface area (Å²) in [6, 6.07) is 6.29. The van der Waals surface area contributed by atoms with Gasteiger partial charge in [-0.15, -0.1) is 0 Å². The van der Waals surface area contributed by atoms with Crippen LogP contribution in [0.1, 0.15) is 24.0 Å². The zero-order valence-corrected chi connectivity index (χ0v) is 9.49. The summed E-state index contributed by atoms with van der Waals surface area (Å²) in [6.07, 6.45) is 3.72. The molecule has 1 aliphatic carbocycles. The molecular formula is C13H16N2O. The minimum absolute atomic E-state index is 0.0371. The molecule has 1 heterocycles. The second-order valence-corrected chi connectivity index (χ2v) is 5.13. The highest BCUT2D eigenvalue weighted by Gasteiger charge is 2.38. The van der Waals surface area contributed by atoms with E-state index in [0.29, 0.717) is 6.42 Å². The van der Waals surface area contributed by atoms with Crippen molar-refractivity contribution in [3.05, 3.63) is 29.3 Å². The molecule has 0 atom stereocenters. The number of fused-ring (bicyclic) bond motifs is 1. The Balaban J connectivity index is 1.91. The van der Waals surface area contributed by atoms with Crippen LogP contribution in [-0.2, 0) is 17.6 Å². The molecule has 0 aromatic heterocycles. The van der Waals surface area contributed by atoms with Gasteiger partial charge in [-0.2, -0.15) is 0 Å². The van der Waals surface area contributed by atoms with Crippen molar-refractivity contribution in [1.29, 1.82) is 0 Å². The minimum Gasteiger partial charge on any atom is -0.325 e. The number of nitrogens with zero attached hydrogens (tertiary/aromatic N) is 1. The molecule has 2 aliphatic rings. The second kappa shape index (κ2) is 3.08. The summed E-state index contributed by atoms with van der Waals surface area (Å²) in [7, 11) is 1.84. The average molecular weight is 216 g/mol. The predicted molar refractivity (Wildman–Crippen MR) is 63.4 cm³/mol. The zero-order chi connectivity index (χ0) is 11.3. The van der Waals surface area contributed by atoms with Gasteiger partial charge in [-0.05, 0) is 36.5 Å². The lowest BCUT2D eigenvalue weighted by molar-refractivity contribution is -0.117. The number of amides is 1. The van der Waals surface area contributed by atoms with Crippen LogP contribution in [0, 0.1) is 0 Å². The number of likely N-dealkylation sites (N-methyl/N-ethyl adjacent to an activating group) is 1. The van der Waals surface area contributed by atoms with E-state index in [0.717, 1.165) is 30.5 Å². The number of hydrogen-bond donors (Lipinski definition) is 1. The van der Waals surface area contributed by atoms with Gasteiger partial charge >= 0.3 is 0 Å².